The molecule has 0 aliphatic heterocycles. The van der Waals surface area contributed by atoms with Gasteiger partial charge in [0, 0.05) is 6.26 Å². The summed E-state index contributed by atoms with van der Waals surface area (Å²) in [4.78, 5) is 11.9. The third kappa shape index (κ3) is 3.69. The molecule has 0 N–H and O–H groups in total. The highest BCUT2D eigenvalue weighted by atomic mass is 32.2. The van der Waals surface area contributed by atoms with Crippen molar-refractivity contribution in [2.45, 2.75) is 51.2 Å². The van der Waals surface area contributed by atoms with Gasteiger partial charge >= 0.3 is 5.97 Å². The summed E-state index contributed by atoms with van der Waals surface area (Å²) >= 11 is 0. The minimum Gasteiger partial charge on any atom is -0.465 e. The first-order chi connectivity index (χ1) is 7.79. The third-order valence-corrected chi connectivity index (χ3v) is 5.25. The van der Waals surface area contributed by atoms with Gasteiger partial charge in [0.15, 0.2) is 0 Å². The number of sulfone groups is 1. The Morgan fingerprint density at radius 3 is 2.29 bits per heavy atom. The predicted octanol–water partition coefficient (Wildman–Crippen LogP) is 1.93. The minimum absolute atomic E-state index is 0.175. The molecule has 5 heteroatoms. The van der Waals surface area contributed by atoms with Crippen molar-refractivity contribution < 1.29 is 17.9 Å². The highest BCUT2D eigenvalue weighted by Crippen LogP contribution is 2.39. The molecular formula is C12H22O4S. The summed E-state index contributed by atoms with van der Waals surface area (Å²) in [6.45, 7) is 4.28. The Bertz CT molecular complexity index is 364. The lowest BCUT2D eigenvalue weighted by molar-refractivity contribution is -0.156. The quantitative estimate of drug-likeness (QED) is 0.726. The van der Waals surface area contributed by atoms with Gasteiger partial charge in [-0.3, -0.25) is 4.79 Å². The summed E-state index contributed by atoms with van der Waals surface area (Å²) in [5, 5.41) is -0.283. The molecule has 0 atom stereocenters. The Labute approximate surface area is 104 Å². The van der Waals surface area contributed by atoms with E-state index in [4.69, 9.17) is 4.74 Å². The van der Waals surface area contributed by atoms with Gasteiger partial charge < -0.3 is 4.74 Å². The molecule has 4 nitrogen and oxygen atoms in total. The molecule has 17 heavy (non-hydrogen) atoms. The van der Waals surface area contributed by atoms with Crippen molar-refractivity contribution in [3.8, 4) is 0 Å². The molecule has 0 saturated heterocycles. The van der Waals surface area contributed by atoms with Crippen molar-refractivity contribution in [3.63, 3.8) is 0 Å². The van der Waals surface area contributed by atoms with Crippen molar-refractivity contribution in [1.82, 2.24) is 0 Å². The lowest BCUT2D eigenvalue weighted by Gasteiger charge is -2.34. The molecule has 0 spiro atoms. The first-order valence-corrected chi connectivity index (χ1v) is 8.11. The van der Waals surface area contributed by atoms with E-state index in [1.165, 1.54) is 6.26 Å². The van der Waals surface area contributed by atoms with Gasteiger partial charge in [0.1, 0.15) is 9.84 Å². The molecule has 0 heterocycles. The van der Waals surface area contributed by atoms with E-state index in [1.54, 1.807) is 0 Å². The number of hydrogen-bond donors (Lipinski definition) is 0. The van der Waals surface area contributed by atoms with Crippen LogP contribution in [0.2, 0.25) is 0 Å². The van der Waals surface area contributed by atoms with Gasteiger partial charge in [0.2, 0.25) is 0 Å². The van der Waals surface area contributed by atoms with E-state index in [0.717, 1.165) is 6.42 Å². The smallest absolute Gasteiger partial charge is 0.311 e. The van der Waals surface area contributed by atoms with E-state index in [-0.39, 0.29) is 11.2 Å². The van der Waals surface area contributed by atoms with Crippen molar-refractivity contribution >= 4 is 15.8 Å². The van der Waals surface area contributed by atoms with E-state index in [0.29, 0.717) is 32.3 Å². The molecule has 1 fully saturated rings. The number of rotatable bonds is 4. The monoisotopic (exact) mass is 262 g/mol. The SMILES string of the molecule is CCCOC(=O)C1(C)CCC(S(C)(=O)=O)CC1. The topological polar surface area (TPSA) is 60.4 Å². The molecule has 0 aromatic heterocycles. The van der Waals surface area contributed by atoms with Crippen LogP contribution in [-0.2, 0) is 19.4 Å². The van der Waals surface area contributed by atoms with Crippen LogP contribution < -0.4 is 0 Å². The Balaban J connectivity index is 2.57. The zero-order chi connectivity index (χ0) is 13.1. The minimum atomic E-state index is -2.97. The molecule has 0 radical (unpaired) electrons. The van der Waals surface area contributed by atoms with Gasteiger partial charge in [-0.15, -0.1) is 0 Å². The number of carbonyl (C=O) groups excluding carboxylic acids is 1. The van der Waals surface area contributed by atoms with Gasteiger partial charge in [0.05, 0.1) is 17.3 Å². The van der Waals surface area contributed by atoms with Crippen LogP contribution in [0.25, 0.3) is 0 Å². The predicted molar refractivity (Wildman–Crippen MR) is 66.5 cm³/mol. The fourth-order valence-corrected chi connectivity index (χ4v) is 3.32. The van der Waals surface area contributed by atoms with Crippen LogP contribution >= 0.6 is 0 Å². The third-order valence-electron chi connectivity index (χ3n) is 3.57. The summed E-state index contributed by atoms with van der Waals surface area (Å²) in [6.07, 6.45) is 4.43. The van der Waals surface area contributed by atoms with Gasteiger partial charge in [-0.1, -0.05) is 6.92 Å². The first kappa shape index (κ1) is 14.5. The molecule has 1 rings (SSSR count). The zero-order valence-corrected chi connectivity index (χ0v) is 11.7. The van der Waals surface area contributed by atoms with Crippen LogP contribution in [-0.4, -0.2) is 32.5 Å². The van der Waals surface area contributed by atoms with Crippen LogP contribution in [0.4, 0.5) is 0 Å². The van der Waals surface area contributed by atoms with Crippen LogP contribution in [0.1, 0.15) is 46.0 Å². The van der Waals surface area contributed by atoms with Gasteiger partial charge in [-0.2, -0.15) is 0 Å². The second-order valence-electron chi connectivity index (χ2n) is 5.23. The molecule has 0 bridgehead atoms. The second-order valence-corrected chi connectivity index (χ2v) is 7.55. The second kappa shape index (κ2) is 5.38. The zero-order valence-electron chi connectivity index (χ0n) is 10.9. The molecule has 1 aliphatic rings. The average Bonchev–Trinajstić information content (AvgIpc) is 2.25. The molecule has 100 valence electrons. The molecular weight excluding hydrogens is 240 g/mol. The summed E-state index contributed by atoms with van der Waals surface area (Å²) in [6, 6.07) is 0. The first-order valence-electron chi connectivity index (χ1n) is 6.15. The van der Waals surface area contributed by atoms with Crippen molar-refractivity contribution in [3.05, 3.63) is 0 Å². The molecule has 0 unspecified atom stereocenters. The molecule has 1 saturated carbocycles. The van der Waals surface area contributed by atoms with Crippen LogP contribution in [0.5, 0.6) is 0 Å². The maximum absolute atomic E-state index is 11.9. The summed E-state index contributed by atoms with van der Waals surface area (Å²) < 4.78 is 28.0. The summed E-state index contributed by atoms with van der Waals surface area (Å²) in [7, 11) is -2.97. The molecule has 0 aromatic carbocycles. The molecule has 0 amide bonds. The maximum atomic E-state index is 11.9. The van der Waals surface area contributed by atoms with E-state index in [1.807, 2.05) is 13.8 Å². The Morgan fingerprint density at radius 2 is 1.88 bits per heavy atom. The van der Waals surface area contributed by atoms with Crippen molar-refractivity contribution in [2.24, 2.45) is 5.41 Å². The van der Waals surface area contributed by atoms with E-state index in [9.17, 15) is 13.2 Å². The molecule has 1 aliphatic carbocycles. The van der Waals surface area contributed by atoms with Crippen LogP contribution in [0.3, 0.4) is 0 Å². The summed E-state index contributed by atoms with van der Waals surface area (Å²) in [5.41, 5.74) is -0.490. The largest absolute Gasteiger partial charge is 0.465 e. The Kier molecular flexibility index (Phi) is 4.58. The Hall–Kier alpha value is -0.580. The number of esters is 1. The Morgan fingerprint density at radius 1 is 1.35 bits per heavy atom. The fourth-order valence-electron chi connectivity index (χ4n) is 2.23. The standard InChI is InChI=1S/C12H22O4S/c1-4-9-16-11(13)12(2)7-5-10(6-8-12)17(3,14)15/h10H,4-9H2,1-3H3. The normalized spacial score (nSPS) is 29.9. The number of carbonyl (C=O) groups is 1. The number of ether oxygens (including phenoxy) is 1. The highest BCUT2D eigenvalue weighted by molar-refractivity contribution is 7.91. The number of hydrogen-bond acceptors (Lipinski definition) is 4. The molecule has 0 aromatic rings. The maximum Gasteiger partial charge on any atom is 0.311 e. The average molecular weight is 262 g/mol. The lowest BCUT2D eigenvalue weighted by atomic mass is 9.75. The van der Waals surface area contributed by atoms with Crippen LogP contribution in [0, 0.1) is 5.41 Å². The van der Waals surface area contributed by atoms with Gasteiger partial charge in [-0.05, 0) is 39.0 Å². The van der Waals surface area contributed by atoms with E-state index >= 15 is 0 Å². The van der Waals surface area contributed by atoms with E-state index < -0.39 is 15.3 Å². The highest BCUT2D eigenvalue weighted by Gasteiger charge is 2.41. The lowest BCUT2D eigenvalue weighted by Crippen LogP contribution is -2.38. The van der Waals surface area contributed by atoms with Gasteiger partial charge in [0.25, 0.3) is 0 Å². The fraction of sp³-hybridized carbons (Fsp3) is 0.917. The van der Waals surface area contributed by atoms with Crippen molar-refractivity contribution in [2.75, 3.05) is 12.9 Å². The van der Waals surface area contributed by atoms with E-state index in [2.05, 4.69) is 0 Å². The van der Waals surface area contributed by atoms with Crippen LogP contribution in [0.15, 0.2) is 0 Å². The van der Waals surface area contributed by atoms with Crippen molar-refractivity contribution in [1.29, 1.82) is 0 Å². The summed E-state index contributed by atoms with van der Waals surface area (Å²) in [5.74, 6) is -0.175. The van der Waals surface area contributed by atoms with Gasteiger partial charge in [-0.25, -0.2) is 8.42 Å².